The first-order chi connectivity index (χ1) is 14.1. The van der Waals surface area contributed by atoms with Gasteiger partial charge in [0.1, 0.15) is 11.5 Å². The Morgan fingerprint density at radius 2 is 1.90 bits per heavy atom. The van der Waals surface area contributed by atoms with E-state index in [0.717, 1.165) is 5.56 Å². The maximum absolute atomic E-state index is 13.1. The van der Waals surface area contributed by atoms with Gasteiger partial charge in [-0.15, -0.1) is 5.10 Å². The molecule has 7 nitrogen and oxygen atoms in total. The monoisotopic (exact) mass is 425 g/mol. The number of nitrogens with zero attached hydrogens (tertiary/aromatic N) is 4. The maximum Gasteiger partial charge on any atom is 0.274 e. The zero-order chi connectivity index (χ0) is 20.2. The van der Waals surface area contributed by atoms with Crippen LogP contribution in [0.4, 0.5) is 5.69 Å². The van der Waals surface area contributed by atoms with Gasteiger partial charge in [-0.05, 0) is 40.8 Å². The molecule has 4 rings (SSSR count). The zero-order valence-electron chi connectivity index (χ0n) is 14.8. The van der Waals surface area contributed by atoms with Gasteiger partial charge in [-0.1, -0.05) is 53.5 Å². The van der Waals surface area contributed by atoms with Crippen molar-refractivity contribution in [2.45, 2.75) is 0 Å². The molecule has 0 atom stereocenters. The number of nitrogens with one attached hydrogen (secondary N) is 1. The summed E-state index contributed by atoms with van der Waals surface area (Å²) in [4.78, 5) is 13.1. The highest BCUT2D eigenvalue weighted by molar-refractivity contribution is 6.37. The number of hydrogen-bond acceptors (Lipinski definition) is 5. The summed E-state index contributed by atoms with van der Waals surface area (Å²) in [7, 11) is 0. The molecule has 0 saturated heterocycles. The third kappa shape index (κ3) is 4.21. The van der Waals surface area contributed by atoms with Crippen LogP contribution in [-0.2, 0) is 4.79 Å². The molecule has 0 aliphatic rings. The van der Waals surface area contributed by atoms with E-state index in [1.54, 1.807) is 36.4 Å². The van der Waals surface area contributed by atoms with E-state index in [1.165, 1.54) is 10.9 Å². The third-order valence-electron chi connectivity index (χ3n) is 3.96. The van der Waals surface area contributed by atoms with Crippen molar-refractivity contribution in [3.05, 3.63) is 82.7 Å². The van der Waals surface area contributed by atoms with E-state index in [4.69, 9.17) is 27.6 Å². The molecule has 9 heteroatoms. The number of furan rings is 1. The van der Waals surface area contributed by atoms with Crippen LogP contribution in [0.1, 0.15) is 5.76 Å². The van der Waals surface area contributed by atoms with E-state index in [-0.39, 0.29) is 5.70 Å². The van der Waals surface area contributed by atoms with Crippen LogP contribution in [0.15, 0.2) is 71.3 Å². The lowest BCUT2D eigenvalue weighted by molar-refractivity contribution is -0.111. The average Bonchev–Trinajstić information content (AvgIpc) is 3.40. The predicted molar refractivity (Wildman–Crippen MR) is 111 cm³/mol. The number of hydrogen-bond donors (Lipinski definition) is 1. The van der Waals surface area contributed by atoms with E-state index in [2.05, 4.69) is 20.8 Å². The van der Waals surface area contributed by atoms with Crippen LogP contribution in [0.25, 0.3) is 23.2 Å². The molecule has 0 saturated carbocycles. The van der Waals surface area contributed by atoms with Gasteiger partial charge < -0.3 is 9.73 Å². The van der Waals surface area contributed by atoms with Gasteiger partial charge in [0, 0.05) is 16.7 Å². The van der Waals surface area contributed by atoms with Crippen LogP contribution in [0.5, 0.6) is 0 Å². The smallest absolute Gasteiger partial charge is 0.274 e. The summed E-state index contributed by atoms with van der Waals surface area (Å²) in [6, 6.07) is 17.5. The number of halogens is 2. The molecule has 0 radical (unpaired) electrons. The largest absolute Gasteiger partial charge is 0.465 e. The Bertz CT molecular complexity index is 1170. The second-order valence-electron chi connectivity index (χ2n) is 5.90. The molecule has 0 bridgehead atoms. The number of anilines is 1. The number of rotatable bonds is 5. The molecule has 0 unspecified atom stereocenters. The summed E-state index contributed by atoms with van der Waals surface area (Å²) in [5, 5.41) is 15.3. The fourth-order valence-corrected chi connectivity index (χ4v) is 3.08. The number of benzene rings is 2. The lowest BCUT2D eigenvalue weighted by atomic mass is 10.2. The Morgan fingerprint density at radius 1 is 1.07 bits per heavy atom. The Kier molecular flexibility index (Phi) is 5.41. The van der Waals surface area contributed by atoms with Crippen molar-refractivity contribution >= 4 is 46.6 Å². The second-order valence-corrected chi connectivity index (χ2v) is 6.75. The molecular weight excluding hydrogens is 413 g/mol. The highest BCUT2D eigenvalue weighted by Crippen LogP contribution is 2.27. The van der Waals surface area contributed by atoms with E-state index < -0.39 is 5.91 Å². The number of carbonyl (C=O) groups excluding carboxylic acids is 1. The molecule has 2 heterocycles. The highest BCUT2D eigenvalue weighted by Gasteiger charge is 2.20. The Hall–Kier alpha value is -3.42. The van der Waals surface area contributed by atoms with Gasteiger partial charge in [0.2, 0.25) is 0 Å². The van der Waals surface area contributed by atoms with Gasteiger partial charge in [0.05, 0.1) is 17.0 Å². The van der Waals surface area contributed by atoms with Gasteiger partial charge in [0.15, 0.2) is 5.82 Å². The first-order valence-corrected chi connectivity index (χ1v) is 9.23. The van der Waals surface area contributed by atoms with E-state index in [9.17, 15) is 4.79 Å². The summed E-state index contributed by atoms with van der Waals surface area (Å²) in [6.45, 7) is 0. The molecular formula is C20H13Cl2N5O2. The molecule has 0 aliphatic heterocycles. The molecule has 0 spiro atoms. The van der Waals surface area contributed by atoms with Crippen molar-refractivity contribution < 1.29 is 9.21 Å². The number of amides is 1. The van der Waals surface area contributed by atoms with Crippen LogP contribution < -0.4 is 5.32 Å². The fourth-order valence-electron chi connectivity index (χ4n) is 2.62. The first-order valence-electron chi connectivity index (χ1n) is 8.47. The van der Waals surface area contributed by atoms with Crippen molar-refractivity contribution in [1.82, 2.24) is 20.2 Å². The Balaban J connectivity index is 1.76. The lowest BCUT2D eigenvalue weighted by Crippen LogP contribution is -2.19. The number of tetrazole rings is 1. The van der Waals surface area contributed by atoms with Crippen molar-refractivity contribution in [3.8, 4) is 11.4 Å². The molecule has 144 valence electrons. The minimum atomic E-state index is -0.477. The minimum absolute atomic E-state index is 0.148. The second kappa shape index (κ2) is 8.30. The van der Waals surface area contributed by atoms with Crippen LogP contribution in [0.2, 0.25) is 10.0 Å². The topological polar surface area (TPSA) is 85.8 Å². The minimum Gasteiger partial charge on any atom is -0.465 e. The molecule has 29 heavy (non-hydrogen) atoms. The number of aromatic nitrogens is 4. The van der Waals surface area contributed by atoms with E-state index in [1.807, 2.05) is 30.3 Å². The molecule has 4 aromatic rings. The fraction of sp³-hybridized carbons (Fsp3) is 0. The van der Waals surface area contributed by atoms with Crippen molar-refractivity contribution in [2.24, 2.45) is 0 Å². The zero-order valence-corrected chi connectivity index (χ0v) is 16.3. The molecule has 2 aromatic carbocycles. The number of carbonyl (C=O) groups is 1. The molecule has 2 aromatic heterocycles. The predicted octanol–water partition coefficient (Wildman–Crippen LogP) is 4.88. The van der Waals surface area contributed by atoms with Gasteiger partial charge in [-0.25, -0.2) is 0 Å². The van der Waals surface area contributed by atoms with Crippen molar-refractivity contribution in [2.75, 3.05) is 5.32 Å². The summed E-state index contributed by atoms with van der Waals surface area (Å²) < 4.78 is 6.71. The molecule has 0 aliphatic carbocycles. The average molecular weight is 426 g/mol. The van der Waals surface area contributed by atoms with Gasteiger partial charge in [-0.2, -0.15) is 4.68 Å². The van der Waals surface area contributed by atoms with E-state index >= 15 is 0 Å². The summed E-state index contributed by atoms with van der Waals surface area (Å²) in [5.41, 5.74) is 1.30. The summed E-state index contributed by atoms with van der Waals surface area (Å²) in [5.74, 6) is 0.391. The summed E-state index contributed by atoms with van der Waals surface area (Å²) >= 11 is 12.1. The van der Waals surface area contributed by atoms with Crippen LogP contribution >= 0.6 is 23.2 Å². The van der Waals surface area contributed by atoms with Crippen LogP contribution in [0, 0.1) is 0 Å². The molecule has 0 fully saturated rings. The van der Waals surface area contributed by atoms with E-state index in [0.29, 0.717) is 27.3 Å². The van der Waals surface area contributed by atoms with Gasteiger partial charge in [0.25, 0.3) is 5.91 Å². The standard InChI is InChI=1S/C20H13Cl2N5O2/c21-14-8-9-17(16(22)11-14)23-20(28)18(12-15-7-4-10-29-15)27-19(24-25-26-27)13-5-2-1-3-6-13/h1-12H,(H,23,28). The molecule has 1 amide bonds. The summed E-state index contributed by atoms with van der Waals surface area (Å²) in [6.07, 6.45) is 3.05. The maximum atomic E-state index is 13.1. The normalized spacial score (nSPS) is 11.4. The molecule has 1 N–H and O–H groups in total. The first kappa shape index (κ1) is 18.9. The van der Waals surface area contributed by atoms with Crippen molar-refractivity contribution in [3.63, 3.8) is 0 Å². The van der Waals surface area contributed by atoms with Gasteiger partial charge in [-0.3, -0.25) is 4.79 Å². The Morgan fingerprint density at radius 3 is 2.62 bits per heavy atom. The SMILES string of the molecule is O=C(Nc1ccc(Cl)cc1Cl)C(=Cc1ccco1)n1nnnc1-c1ccccc1. The van der Waals surface area contributed by atoms with Crippen LogP contribution in [0.3, 0.4) is 0 Å². The Labute approximate surface area is 175 Å². The lowest BCUT2D eigenvalue weighted by Gasteiger charge is -2.11. The highest BCUT2D eigenvalue weighted by atomic mass is 35.5. The quantitative estimate of drug-likeness (QED) is 0.460. The third-order valence-corrected chi connectivity index (χ3v) is 4.51. The van der Waals surface area contributed by atoms with Crippen LogP contribution in [-0.4, -0.2) is 26.1 Å². The van der Waals surface area contributed by atoms with Crippen molar-refractivity contribution in [1.29, 1.82) is 0 Å². The van der Waals surface area contributed by atoms with Gasteiger partial charge >= 0.3 is 0 Å².